The van der Waals surface area contributed by atoms with Crippen LogP contribution in [-0.4, -0.2) is 6.04 Å². The molecule has 0 bridgehead atoms. The van der Waals surface area contributed by atoms with E-state index in [4.69, 9.17) is 5.73 Å². The van der Waals surface area contributed by atoms with E-state index in [1.54, 1.807) is 6.07 Å². The van der Waals surface area contributed by atoms with Gasteiger partial charge in [-0.1, -0.05) is 42.8 Å². The van der Waals surface area contributed by atoms with Crippen LogP contribution in [0.25, 0.3) is 0 Å². The van der Waals surface area contributed by atoms with Gasteiger partial charge in [-0.15, -0.1) is 0 Å². The lowest BCUT2D eigenvalue weighted by atomic mass is 9.59. The summed E-state index contributed by atoms with van der Waals surface area (Å²) in [6.07, 6.45) is 4.35. The molecule has 1 unspecified atom stereocenters. The molecule has 1 fully saturated rings. The summed E-state index contributed by atoms with van der Waals surface area (Å²) in [4.78, 5) is 0. The van der Waals surface area contributed by atoms with E-state index in [0.717, 1.165) is 30.4 Å². The Hall–Kier alpha value is -1.67. The molecule has 0 amide bonds. The Kier molecular flexibility index (Phi) is 3.81. The summed E-state index contributed by atoms with van der Waals surface area (Å²) >= 11 is 0. The molecule has 0 aromatic heterocycles. The highest BCUT2D eigenvalue weighted by molar-refractivity contribution is 5.33. The Balaban J connectivity index is 1.85. The summed E-state index contributed by atoms with van der Waals surface area (Å²) in [6.45, 7) is 1.96. The van der Waals surface area contributed by atoms with Crippen LogP contribution in [0, 0.1) is 12.7 Å². The number of hydrogen-bond donors (Lipinski definition) is 1. The van der Waals surface area contributed by atoms with Gasteiger partial charge >= 0.3 is 0 Å². The second-order valence-corrected chi connectivity index (χ2v) is 6.26. The fraction of sp³-hybridized carbons (Fsp3) is 0.368. The maximum Gasteiger partial charge on any atom is 0.123 e. The van der Waals surface area contributed by atoms with Gasteiger partial charge in [-0.2, -0.15) is 0 Å². The second kappa shape index (κ2) is 5.61. The number of aryl methyl sites for hydroxylation is 1. The van der Waals surface area contributed by atoms with E-state index in [1.165, 1.54) is 18.1 Å². The Morgan fingerprint density at radius 2 is 1.86 bits per heavy atom. The van der Waals surface area contributed by atoms with Crippen molar-refractivity contribution in [3.63, 3.8) is 0 Å². The van der Waals surface area contributed by atoms with E-state index in [0.29, 0.717) is 0 Å². The summed E-state index contributed by atoms with van der Waals surface area (Å²) in [5.41, 5.74) is 10.2. The average Bonchev–Trinajstić information content (AvgIpc) is 2.42. The lowest BCUT2D eigenvalue weighted by molar-refractivity contribution is 0.194. The fourth-order valence-corrected chi connectivity index (χ4v) is 3.52. The van der Waals surface area contributed by atoms with Crippen LogP contribution < -0.4 is 5.73 Å². The Bertz CT molecular complexity index is 617. The van der Waals surface area contributed by atoms with E-state index >= 15 is 0 Å². The van der Waals surface area contributed by atoms with Crippen LogP contribution in [0.5, 0.6) is 0 Å². The monoisotopic (exact) mass is 283 g/mol. The van der Waals surface area contributed by atoms with Crippen molar-refractivity contribution in [2.45, 2.75) is 44.1 Å². The largest absolute Gasteiger partial charge is 0.327 e. The third-order valence-corrected chi connectivity index (χ3v) is 5.05. The first-order valence-corrected chi connectivity index (χ1v) is 7.68. The van der Waals surface area contributed by atoms with Crippen molar-refractivity contribution in [2.75, 3.05) is 0 Å². The molecule has 110 valence electrons. The quantitative estimate of drug-likeness (QED) is 0.897. The van der Waals surface area contributed by atoms with Crippen LogP contribution in [0.4, 0.5) is 4.39 Å². The van der Waals surface area contributed by atoms with Gasteiger partial charge in [0.2, 0.25) is 0 Å². The number of benzene rings is 2. The molecule has 1 saturated carbocycles. The van der Waals surface area contributed by atoms with Crippen LogP contribution >= 0.6 is 0 Å². The van der Waals surface area contributed by atoms with Crippen molar-refractivity contribution in [1.82, 2.24) is 0 Å². The summed E-state index contributed by atoms with van der Waals surface area (Å²) in [7, 11) is 0. The standard InChI is InChI=1S/C19H22FN/c1-14-12-17(20)9-8-15(14)13-18(21)19(10-5-11-19)16-6-3-2-4-7-16/h2-4,6-9,12,18H,5,10-11,13,21H2,1H3. The summed E-state index contributed by atoms with van der Waals surface area (Å²) in [6, 6.07) is 15.7. The number of hydrogen-bond acceptors (Lipinski definition) is 1. The molecule has 0 radical (unpaired) electrons. The summed E-state index contributed by atoms with van der Waals surface area (Å²) in [5, 5.41) is 0. The topological polar surface area (TPSA) is 26.0 Å². The normalized spacial score (nSPS) is 18.0. The number of nitrogens with two attached hydrogens (primary N) is 1. The molecule has 1 aliphatic rings. The molecule has 1 aliphatic carbocycles. The SMILES string of the molecule is Cc1cc(F)ccc1CC(N)C1(c2ccccc2)CCC1. The van der Waals surface area contributed by atoms with Crippen molar-refractivity contribution >= 4 is 0 Å². The van der Waals surface area contributed by atoms with Crippen molar-refractivity contribution in [3.8, 4) is 0 Å². The molecule has 3 rings (SSSR count). The zero-order valence-electron chi connectivity index (χ0n) is 12.5. The molecule has 0 saturated heterocycles. The van der Waals surface area contributed by atoms with Crippen LogP contribution in [0.15, 0.2) is 48.5 Å². The van der Waals surface area contributed by atoms with E-state index in [2.05, 4.69) is 24.3 Å². The van der Waals surface area contributed by atoms with Crippen molar-refractivity contribution in [1.29, 1.82) is 0 Å². The van der Waals surface area contributed by atoms with Gasteiger partial charge in [0.25, 0.3) is 0 Å². The zero-order chi connectivity index (χ0) is 14.9. The van der Waals surface area contributed by atoms with E-state index in [-0.39, 0.29) is 17.3 Å². The smallest absolute Gasteiger partial charge is 0.123 e. The zero-order valence-corrected chi connectivity index (χ0v) is 12.5. The van der Waals surface area contributed by atoms with Gasteiger partial charge < -0.3 is 5.73 Å². The number of rotatable bonds is 4. The molecule has 21 heavy (non-hydrogen) atoms. The predicted molar refractivity (Wildman–Crippen MR) is 84.8 cm³/mol. The predicted octanol–water partition coefficient (Wildman–Crippen LogP) is 4.13. The molecule has 2 N–H and O–H groups in total. The van der Waals surface area contributed by atoms with E-state index < -0.39 is 0 Å². The Labute approximate surface area is 126 Å². The molecule has 2 heteroatoms. The van der Waals surface area contributed by atoms with Gasteiger partial charge in [-0.05, 0) is 55.0 Å². The molecule has 0 aliphatic heterocycles. The minimum Gasteiger partial charge on any atom is -0.327 e. The minimum absolute atomic E-state index is 0.0813. The number of halogens is 1. The lowest BCUT2D eigenvalue weighted by Crippen LogP contribution is -2.51. The first-order valence-electron chi connectivity index (χ1n) is 7.68. The van der Waals surface area contributed by atoms with Gasteiger partial charge in [0.15, 0.2) is 0 Å². The van der Waals surface area contributed by atoms with Crippen LogP contribution in [-0.2, 0) is 11.8 Å². The van der Waals surface area contributed by atoms with Gasteiger partial charge in [0.1, 0.15) is 5.82 Å². The molecule has 2 aromatic carbocycles. The van der Waals surface area contributed by atoms with Gasteiger partial charge in [0, 0.05) is 11.5 Å². The molecule has 1 nitrogen and oxygen atoms in total. The fourth-order valence-electron chi connectivity index (χ4n) is 3.52. The lowest BCUT2D eigenvalue weighted by Gasteiger charge is -2.47. The van der Waals surface area contributed by atoms with Crippen molar-refractivity contribution in [3.05, 3.63) is 71.0 Å². The minimum atomic E-state index is -0.175. The molecule has 0 spiro atoms. The van der Waals surface area contributed by atoms with Crippen LogP contribution in [0.3, 0.4) is 0 Å². The third-order valence-electron chi connectivity index (χ3n) is 5.05. The summed E-state index contributed by atoms with van der Waals surface area (Å²) in [5.74, 6) is -0.175. The van der Waals surface area contributed by atoms with Gasteiger partial charge in [-0.3, -0.25) is 0 Å². The van der Waals surface area contributed by atoms with E-state index in [9.17, 15) is 4.39 Å². The Morgan fingerprint density at radius 1 is 1.14 bits per heavy atom. The molecule has 1 atom stereocenters. The highest BCUT2D eigenvalue weighted by Crippen LogP contribution is 2.46. The first kappa shape index (κ1) is 14.3. The van der Waals surface area contributed by atoms with Crippen molar-refractivity contribution < 1.29 is 4.39 Å². The van der Waals surface area contributed by atoms with Crippen molar-refractivity contribution in [2.24, 2.45) is 5.73 Å². The highest BCUT2D eigenvalue weighted by atomic mass is 19.1. The van der Waals surface area contributed by atoms with Crippen LogP contribution in [0.2, 0.25) is 0 Å². The summed E-state index contributed by atoms with van der Waals surface area (Å²) < 4.78 is 13.2. The average molecular weight is 283 g/mol. The maximum atomic E-state index is 13.2. The van der Waals surface area contributed by atoms with Gasteiger partial charge in [-0.25, -0.2) is 4.39 Å². The maximum absolute atomic E-state index is 13.2. The first-order chi connectivity index (χ1) is 10.1. The molecule has 0 heterocycles. The van der Waals surface area contributed by atoms with Gasteiger partial charge in [0.05, 0.1) is 0 Å². The third kappa shape index (κ3) is 2.60. The highest BCUT2D eigenvalue weighted by Gasteiger charge is 2.43. The van der Waals surface area contributed by atoms with Crippen LogP contribution in [0.1, 0.15) is 36.0 Å². The van der Waals surface area contributed by atoms with E-state index in [1.807, 2.05) is 19.1 Å². The molecule has 2 aromatic rings. The molecular weight excluding hydrogens is 261 g/mol. The molecular formula is C19H22FN. The Morgan fingerprint density at radius 3 is 2.43 bits per heavy atom. The second-order valence-electron chi connectivity index (χ2n) is 6.26.